The van der Waals surface area contributed by atoms with Crippen LogP contribution in [0.5, 0.6) is 0 Å². The van der Waals surface area contributed by atoms with Gasteiger partial charge in [0.25, 0.3) is 5.91 Å². The molecule has 0 heterocycles. The molecule has 0 aliphatic rings. The quantitative estimate of drug-likeness (QED) is 0.837. The molecule has 0 bridgehead atoms. The summed E-state index contributed by atoms with van der Waals surface area (Å²) in [5.41, 5.74) is 10.0. The molecule has 2 aromatic rings. The van der Waals surface area contributed by atoms with Crippen molar-refractivity contribution in [1.82, 2.24) is 4.90 Å². The molecular weight excluding hydrogens is 236 g/mol. The first-order valence-electron chi connectivity index (χ1n) is 6.18. The van der Waals surface area contributed by atoms with Crippen molar-refractivity contribution in [3.05, 3.63) is 53.6 Å². The van der Waals surface area contributed by atoms with Crippen LogP contribution in [0.3, 0.4) is 0 Å². The van der Waals surface area contributed by atoms with Crippen LogP contribution in [0.1, 0.15) is 15.9 Å². The van der Waals surface area contributed by atoms with Crippen molar-refractivity contribution in [2.75, 3.05) is 19.8 Å². The van der Waals surface area contributed by atoms with Gasteiger partial charge in [0.2, 0.25) is 0 Å². The second-order valence-electron chi connectivity index (χ2n) is 4.77. The van der Waals surface area contributed by atoms with Gasteiger partial charge in [0, 0.05) is 19.8 Å². The molecule has 0 aliphatic carbocycles. The summed E-state index contributed by atoms with van der Waals surface area (Å²) in [6.07, 6.45) is 0. The maximum atomic E-state index is 12.4. The topological polar surface area (TPSA) is 46.3 Å². The van der Waals surface area contributed by atoms with Crippen molar-refractivity contribution >= 4 is 11.6 Å². The molecular formula is C16H18N2O. The van der Waals surface area contributed by atoms with E-state index in [2.05, 4.69) is 0 Å². The van der Waals surface area contributed by atoms with E-state index >= 15 is 0 Å². The number of rotatable bonds is 2. The summed E-state index contributed by atoms with van der Waals surface area (Å²) in [5, 5.41) is 0. The molecule has 0 unspecified atom stereocenters. The first-order chi connectivity index (χ1) is 9.02. The molecule has 0 atom stereocenters. The third-order valence-electron chi connectivity index (χ3n) is 3.21. The van der Waals surface area contributed by atoms with E-state index in [1.807, 2.05) is 49.4 Å². The zero-order valence-corrected chi connectivity index (χ0v) is 11.5. The Hall–Kier alpha value is -2.29. The molecule has 0 fully saturated rings. The van der Waals surface area contributed by atoms with Crippen molar-refractivity contribution < 1.29 is 4.79 Å². The molecule has 0 aromatic heterocycles. The molecule has 0 radical (unpaired) electrons. The number of carbonyl (C=O) groups excluding carboxylic acids is 1. The van der Waals surface area contributed by atoms with Gasteiger partial charge in [0.05, 0.1) is 5.56 Å². The van der Waals surface area contributed by atoms with Crippen LogP contribution in [0.15, 0.2) is 42.5 Å². The van der Waals surface area contributed by atoms with Gasteiger partial charge >= 0.3 is 0 Å². The lowest BCUT2D eigenvalue weighted by molar-refractivity contribution is 0.0827. The van der Waals surface area contributed by atoms with Crippen LogP contribution < -0.4 is 5.73 Å². The van der Waals surface area contributed by atoms with Gasteiger partial charge in [-0.05, 0) is 29.7 Å². The molecule has 3 nitrogen and oxygen atoms in total. The van der Waals surface area contributed by atoms with Gasteiger partial charge in [-0.25, -0.2) is 0 Å². The van der Waals surface area contributed by atoms with Gasteiger partial charge in [-0.2, -0.15) is 0 Å². The van der Waals surface area contributed by atoms with Crippen LogP contribution in [-0.4, -0.2) is 24.9 Å². The highest BCUT2D eigenvalue weighted by atomic mass is 16.2. The number of anilines is 1. The lowest BCUT2D eigenvalue weighted by Crippen LogP contribution is -2.23. The van der Waals surface area contributed by atoms with Crippen molar-refractivity contribution in [1.29, 1.82) is 0 Å². The van der Waals surface area contributed by atoms with E-state index in [0.717, 1.165) is 16.7 Å². The van der Waals surface area contributed by atoms with Crippen molar-refractivity contribution in [3.63, 3.8) is 0 Å². The van der Waals surface area contributed by atoms with E-state index in [-0.39, 0.29) is 5.91 Å². The van der Waals surface area contributed by atoms with Gasteiger partial charge in [-0.1, -0.05) is 36.4 Å². The zero-order valence-electron chi connectivity index (χ0n) is 11.5. The first-order valence-corrected chi connectivity index (χ1v) is 6.18. The molecule has 0 spiro atoms. The van der Waals surface area contributed by atoms with Crippen LogP contribution in [0, 0.1) is 6.92 Å². The fraction of sp³-hybridized carbons (Fsp3) is 0.188. The van der Waals surface area contributed by atoms with E-state index in [9.17, 15) is 4.79 Å². The standard InChI is InChI=1S/C16H18N2O/c1-11-14(17)10-9-13(12-7-5-4-6-8-12)15(11)16(19)18(2)3/h4-10H,17H2,1-3H3. The van der Waals surface area contributed by atoms with E-state index < -0.39 is 0 Å². The van der Waals surface area contributed by atoms with E-state index in [1.54, 1.807) is 19.0 Å². The maximum Gasteiger partial charge on any atom is 0.254 e. The van der Waals surface area contributed by atoms with Gasteiger partial charge in [0.1, 0.15) is 0 Å². The average molecular weight is 254 g/mol. The van der Waals surface area contributed by atoms with Crippen molar-refractivity contribution in [2.45, 2.75) is 6.92 Å². The normalized spacial score (nSPS) is 10.3. The lowest BCUT2D eigenvalue weighted by atomic mass is 9.94. The van der Waals surface area contributed by atoms with Crippen LogP contribution in [0.2, 0.25) is 0 Å². The Morgan fingerprint density at radius 2 is 1.68 bits per heavy atom. The van der Waals surface area contributed by atoms with Crippen LogP contribution in [0.25, 0.3) is 11.1 Å². The third kappa shape index (κ3) is 2.45. The Kier molecular flexibility index (Phi) is 3.56. The molecule has 2 aromatic carbocycles. The highest BCUT2D eigenvalue weighted by Crippen LogP contribution is 2.30. The number of carbonyl (C=O) groups is 1. The molecule has 1 amide bonds. The smallest absolute Gasteiger partial charge is 0.254 e. The molecule has 98 valence electrons. The van der Waals surface area contributed by atoms with E-state index in [4.69, 9.17) is 5.73 Å². The van der Waals surface area contributed by atoms with Crippen LogP contribution >= 0.6 is 0 Å². The molecule has 2 rings (SSSR count). The number of nitrogens with zero attached hydrogens (tertiary/aromatic N) is 1. The van der Waals surface area contributed by atoms with Crippen LogP contribution in [0.4, 0.5) is 5.69 Å². The summed E-state index contributed by atoms with van der Waals surface area (Å²) >= 11 is 0. The van der Waals surface area contributed by atoms with Crippen LogP contribution in [-0.2, 0) is 0 Å². The Balaban J connectivity index is 2.69. The summed E-state index contributed by atoms with van der Waals surface area (Å²) in [5.74, 6) is -0.0244. The number of nitrogen functional groups attached to an aromatic ring is 1. The van der Waals surface area contributed by atoms with E-state index in [1.165, 1.54) is 0 Å². The number of hydrogen-bond acceptors (Lipinski definition) is 2. The summed E-state index contributed by atoms with van der Waals surface area (Å²) in [6.45, 7) is 1.89. The second-order valence-corrected chi connectivity index (χ2v) is 4.77. The molecule has 3 heteroatoms. The zero-order chi connectivity index (χ0) is 14.0. The maximum absolute atomic E-state index is 12.4. The van der Waals surface area contributed by atoms with Crippen molar-refractivity contribution in [3.8, 4) is 11.1 Å². The summed E-state index contributed by atoms with van der Waals surface area (Å²) in [6, 6.07) is 13.6. The highest BCUT2D eigenvalue weighted by Gasteiger charge is 2.18. The number of hydrogen-bond donors (Lipinski definition) is 1. The number of amides is 1. The highest BCUT2D eigenvalue weighted by molar-refractivity contribution is 6.03. The summed E-state index contributed by atoms with van der Waals surface area (Å²) in [4.78, 5) is 14.0. The predicted molar refractivity (Wildman–Crippen MR) is 79.0 cm³/mol. The SMILES string of the molecule is Cc1c(N)ccc(-c2ccccc2)c1C(=O)N(C)C. The minimum Gasteiger partial charge on any atom is -0.398 e. The van der Waals surface area contributed by atoms with Gasteiger partial charge in [-0.3, -0.25) is 4.79 Å². The van der Waals surface area contributed by atoms with Crippen molar-refractivity contribution in [2.24, 2.45) is 0 Å². The van der Waals surface area contributed by atoms with Gasteiger partial charge in [-0.15, -0.1) is 0 Å². The fourth-order valence-corrected chi connectivity index (χ4v) is 2.09. The largest absolute Gasteiger partial charge is 0.398 e. The Bertz CT molecular complexity index is 604. The number of nitrogens with two attached hydrogens (primary N) is 1. The minimum absolute atomic E-state index is 0.0244. The lowest BCUT2D eigenvalue weighted by Gasteiger charge is -2.18. The first kappa shape index (κ1) is 13.1. The third-order valence-corrected chi connectivity index (χ3v) is 3.21. The number of benzene rings is 2. The second kappa shape index (κ2) is 5.14. The molecule has 0 saturated heterocycles. The molecule has 2 N–H and O–H groups in total. The van der Waals surface area contributed by atoms with E-state index in [0.29, 0.717) is 11.3 Å². The Labute approximate surface area is 113 Å². The predicted octanol–water partition coefficient (Wildman–Crippen LogP) is 2.95. The van der Waals surface area contributed by atoms with Gasteiger partial charge in [0.15, 0.2) is 0 Å². The molecule has 0 saturated carbocycles. The summed E-state index contributed by atoms with van der Waals surface area (Å²) in [7, 11) is 3.50. The molecule has 19 heavy (non-hydrogen) atoms. The van der Waals surface area contributed by atoms with Gasteiger partial charge < -0.3 is 10.6 Å². The molecule has 0 aliphatic heterocycles. The fourth-order valence-electron chi connectivity index (χ4n) is 2.09. The Morgan fingerprint density at radius 3 is 2.26 bits per heavy atom. The monoisotopic (exact) mass is 254 g/mol. The summed E-state index contributed by atoms with van der Waals surface area (Å²) < 4.78 is 0. The minimum atomic E-state index is -0.0244. The Morgan fingerprint density at radius 1 is 1.05 bits per heavy atom. The average Bonchev–Trinajstić information content (AvgIpc) is 2.41.